The first-order chi connectivity index (χ1) is 10.0. The second-order valence-electron chi connectivity index (χ2n) is 4.86. The number of benzene rings is 1. The lowest BCUT2D eigenvalue weighted by molar-refractivity contribution is 0.203. The summed E-state index contributed by atoms with van der Waals surface area (Å²) >= 11 is 5.88. The Balaban J connectivity index is 2.32. The summed E-state index contributed by atoms with van der Waals surface area (Å²) in [4.78, 5) is 11.7. The molecule has 2 atom stereocenters. The van der Waals surface area contributed by atoms with Crippen LogP contribution in [0.4, 0.5) is 4.79 Å². The molecule has 6 heteroatoms. The van der Waals surface area contributed by atoms with Crippen LogP contribution in [0.1, 0.15) is 26.7 Å². The Bertz CT molecular complexity index is 443. The third-order valence-corrected chi connectivity index (χ3v) is 3.22. The molecule has 0 aliphatic carbocycles. The van der Waals surface area contributed by atoms with Gasteiger partial charge in [0.05, 0.1) is 6.54 Å². The number of halogens is 1. The van der Waals surface area contributed by atoms with Crippen molar-refractivity contribution in [3.63, 3.8) is 0 Å². The highest BCUT2D eigenvalue weighted by Crippen LogP contribution is 2.18. The molecular formula is C15H23ClN2O3. The van der Waals surface area contributed by atoms with Crippen LogP contribution in [0.15, 0.2) is 24.3 Å². The van der Waals surface area contributed by atoms with Crippen molar-refractivity contribution in [2.75, 3.05) is 13.2 Å². The predicted octanol–water partition coefficient (Wildman–Crippen LogP) is 2.57. The van der Waals surface area contributed by atoms with Crippen LogP contribution in [0.25, 0.3) is 0 Å². The van der Waals surface area contributed by atoms with Crippen molar-refractivity contribution < 1.29 is 14.6 Å². The highest BCUT2D eigenvalue weighted by molar-refractivity contribution is 6.30. The zero-order valence-electron chi connectivity index (χ0n) is 12.4. The second-order valence-corrected chi connectivity index (χ2v) is 5.29. The van der Waals surface area contributed by atoms with Crippen LogP contribution in [-0.2, 0) is 0 Å². The summed E-state index contributed by atoms with van der Waals surface area (Å²) in [6.45, 7) is 4.28. The van der Waals surface area contributed by atoms with E-state index in [0.29, 0.717) is 23.7 Å². The van der Waals surface area contributed by atoms with Crippen molar-refractivity contribution in [1.29, 1.82) is 0 Å². The van der Waals surface area contributed by atoms with E-state index in [9.17, 15) is 4.79 Å². The molecule has 118 valence electrons. The predicted molar refractivity (Wildman–Crippen MR) is 83.9 cm³/mol. The topological polar surface area (TPSA) is 70.6 Å². The molecule has 0 aliphatic rings. The lowest BCUT2D eigenvalue weighted by atomic mass is 10.2. The molecule has 0 saturated heterocycles. The van der Waals surface area contributed by atoms with Crippen molar-refractivity contribution in [1.82, 2.24) is 10.6 Å². The number of carbonyl (C=O) groups excluding carboxylic acids is 1. The Morgan fingerprint density at radius 3 is 2.86 bits per heavy atom. The van der Waals surface area contributed by atoms with E-state index >= 15 is 0 Å². The normalized spacial score (nSPS) is 13.3. The van der Waals surface area contributed by atoms with E-state index in [1.165, 1.54) is 0 Å². The Labute approximate surface area is 130 Å². The summed E-state index contributed by atoms with van der Waals surface area (Å²) in [5.41, 5.74) is 0. The molecule has 1 rings (SSSR count). The molecule has 2 amide bonds. The van der Waals surface area contributed by atoms with Gasteiger partial charge in [-0.05, 0) is 38.0 Å². The Hall–Kier alpha value is -1.46. The van der Waals surface area contributed by atoms with E-state index in [0.717, 1.165) is 6.42 Å². The van der Waals surface area contributed by atoms with Gasteiger partial charge in [-0.1, -0.05) is 24.6 Å². The molecule has 0 spiro atoms. The lowest BCUT2D eigenvalue weighted by Gasteiger charge is -2.19. The zero-order valence-corrected chi connectivity index (χ0v) is 13.2. The molecule has 2 unspecified atom stereocenters. The van der Waals surface area contributed by atoms with Gasteiger partial charge in [-0.15, -0.1) is 0 Å². The summed E-state index contributed by atoms with van der Waals surface area (Å²) < 4.78 is 5.66. The standard InChI is InChI=1S/C15H23ClN2O3/c1-3-13(7-8-19)18-15(20)17-10-11(2)21-14-6-4-5-12(16)9-14/h4-6,9,11,13,19H,3,7-8,10H2,1-2H3,(H2,17,18,20). The van der Waals surface area contributed by atoms with Crippen LogP contribution in [0.3, 0.4) is 0 Å². The van der Waals surface area contributed by atoms with Crippen LogP contribution in [0.5, 0.6) is 5.75 Å². The molecular weight excluding hydrogens is 292 g/mol. The van der Waals surface area contributed by atoms with Gasteiger partial charge in [0.15, 0.2) is 0 Å². The van der Waals surface area contributed by atoms with Crippen LogP contribution in [0.2, 0.25) is 5.02 Å². The number of nitrogens with one attached hydrogen (secondary N) is 2. The van der Waals surface area contributed by atoms with Crippen molar-refractivity contribution in [2.45, 2.75) is 38.8 Å². The highest BCUT2D eigenvalue weighted by Gasteiger charge is 2.11. The minimum absolute atomic E-state index is 0.0147. The number of carbonyl (C=O) groups is 1. The van der Waals surface area contributed by atoms with Gasteiger partial charge >= 0.3 is 6.03 Å². The molecule has 1 aromatic carbocycles. The van der Waals surface area contributed by atoms with Gasteiger partial charge < -0.3 is 20.5 Å². The molecule has 1 aromatic rings. The SMILES string of the molecule is CCC(CCO)NC(=O)NCC(C)Oc1cccc(Cl)c1. The average molecular weight is 315 g/mol. The maximum absolute atomic E-state index is 11.7. The molecule has 0 radical (unpaired) electrons. The van der Waals surface area contributed by atoms with Gasteiger partial charge in [0.1, 0.15) is 11.9 Å². The maximum Gasteiger partial charge on any atom is 0.315 e. The molecule has 21 heavy (non-hydrogen) atoms. The minimum Gasteiger partial charge on any atom is -0.489 e. The fourth-order valence-electron chi connectivity index (χ4n) is 1.82. The first kappa shape index (κ1) is 17.6. The van der Waals surface area contributed by atoms with Crippen molar-refractivity contribution in [3.05, 3.63) is 29.3 Å². The van der Waals surface area contributed by atoms with E-state index in [-0.39, 0.29) is 24.8 Å². The van der Waals surface area contributed by atoms with Gasteiger partial charge in [-0.2, -0.15) is 0 Å². The number of hydrogen-bond donors (Lipinski definition) is 3. The third kappa shape index (κ3) is 7.20. The summed E-state index contributed by atoms with van der Waals surface area (Å²) in [6, 6.07) is 6.86. The van der Waals surface area contributed by atoms with Gasteiger partial charge in [-0.3, -0.25) is 0 Å². The van der Waals surface area contributed by atoms with E-state index in [2.05, 4.69) is 10.6 Å². The van der Waals surface area contributed by atoms with Gasteiger partial charge in [-0.25, -0.2) is 4.79 Å². The fourth-order valence-corrected chi connectivity index (χ4v) is 2.00. The number of ether oxygens (including phenoxy) is 1. The molecule has 0 saturated carbocycles. The van der Waals surface area contributed by atoms with Gasteiger partial charge in [0, 0.05) is 17.7 Å². The molecule has 0 aromatic heterocycles. The van der Waals surface area contributed by atoms with Crippen LogP contribution in [-0.4, -0.2) is 36.4 Å². The number of aliphatic hydroxyl groups excluding tert-OH is 1. The molecule has 0 bridgehead atoms. The van der Waals surface area contributed by atoms with E-state index in [1.54, 1.807) is 12.1 Å². The molecule has 0 heterocycles. The summed E-state index contributed by atoms with van der Waals surface area (Å²) in [5, 5.41) is 15.1. The lowest BCUT2D eigenvalue weighted by Crippen LogP contribution is -2.45. The number of hydrogen-bond acceptors (Lipinski definition) is 3. The summed E-state index contributed by atoms with van der Waals surface area (Å²) in [6.07, 6.45) is 1.16. The minimum atomic E-state index is -0.253. The van der Waals surface area contributed by atoms with Crippen molar-refractivity contribution in [3.8, 4) is 5.75 Å². The van der Waals surface area contributed by atoms with Crippen molar-refractivity contribution >= 4 is 17.6 Å². The van der Waals surface area contributed by atoms with Gasteiger partial charge in [0.25, 0.3) is 0 Å². The maximum atomic E-state index is 11.7. The highest BCUT2D eigenvalue weighted by atomic mass is 35.5. The number of rotatable bonds is 8. The Morgan fingerprint density at radius 2 is 2.24 bits per heavy atom. The first-order valence-electron chi connectivity index (χ1n) is 7.12. The molecule has 0 aliphatic heterocycles. The van der Waals surface area contributed by atoms with Crippen LogP contribution in [0, 0.1) is 0 Å². The smallest absolute Gasteiger partial charge is 0.315 e. The van der Waals surface area contributed by atoms with Gasteiger partial charge in [0.2, 0.25) is 0 Å². The Kier molecular flexibility index (Phi) is 7.93. The number of urea groups is 1. The zero-order chi connectivity index (χ0) is 15.7. The monoisotopic (exact) mass is 314 g/mol. The van der Waals surface area contributed by atoms with Crippen molar-refractivity contribution in [2.24, 2.45) is 0 Å². The van der Waals surface area contributed by atoms with E-state index in [4.69, 9.17) is 21.4 Å². The Morgan fingerprint density at radius 1 is 1.48 bits per heavy atom. The molecule has 0 fully saturated rings. The number of amides is 2. The van der Waals surface area contributed by atoms with E-state index in [1.807, 2.05) is 26.0 Å². The average Bonchev–Trinajstić information content (AvgIpc) is 2.44. The molecule has 3 N–H and O–H groups in total. The largest absolute Gasteiger partial charge is 0.489 e. The quantitative estimate of drug-likeness (QED) is 0.690. The van der Waals surface area contributed by atoms with Crippen LogP contribution >= 0.6 is 11.6 Å². The fraction of sp³-hybridized carbons (Fsp3) is 0.533. The summed E-state index contributed by atoms with van der Waals surface area (Å²) in [5.74, 6) is 0.670. The number of aliphatic hydroxyl groups is 1. The first-order valence-corrected chi connectivity index (χ1v) is 7.50. The molecule has 5 nitrogen and oxygen atoms in total. The second kappa shape index (κ2) is 9.47. The van der Waals surface area contributed by atoms with E-state index < -0.39 is 0 Å². The third-order valence-electron chi connectivity index (χ3n) is 2.99. The van der Waals surface area contributed by atoms with Crippen LogP contribution < -0.4 is 15.4 Å². The summed E-state index contributed by atoms with van der Waals surface area (Å²) in [7, 11) is 0.